The molecule has 3 nitrogen and oxygen atoms in total. The van der Waals surface area contributed by atoms with Gasteiger partial charge in [-0.15, -0.1) is 0 Å². The van der Waals surface area contributed by atoms with Crippen LogP contribution in [0.2, 0.25) is 5.02 Å². The van der Waals surface area contributed by atoms with Gasteiger partial charge in [0.25, 0.3) is 0 Å². The summed E-state index contributed by atoms with van der Waals surface area (Å²) in [6.45, 7) is 0.646. The van der Waals surface area contributed by atoms with E-state index >= 15 is 0 Å². The second-order valence-corrected chi connectivity index (χ2v) is 5.07. The molecule has 0 unspecified atom stereocenters. The highest BCUT2D eigenvalue weighted by molar-refractivity contribution is 6.30. The van der Waals surface area contributed by atoms with Gasteiger partial charge in [0.15, 0.2) is 0 Å². The van der Waals surface area contributed by atoms with E-state index in [2.05, 4.69) is 4.98 Å². The molecule has 1 heterocycles. The molecule has 0 aliphatic heterocycles. The van der Waals surface area contributed by atoms with Gasteiger partial charge in [-0.25, -0.2) is 9.37 Å². The Bertz CT molecular complexity index is 750. The summed E-state index contributed by atoms with van der Waals surface area (Å²) in [6, 6.07) is 12.1. The molecule has 0 spiro atoms. The minimum absolute atomic E-state index is 0.287. The van der Waals surface area contributed by atoms with Crippen molar-refractivity contribution in [2.24, 2.45) is 0 Å². The molecule has 20 heavy (non-hydrogen) atoms. The molecule has 102 valence electrons. The number of hydrogen-bond donors (Lipinski definition) is 1. The molecule has 0 radical (unpaired) electrons. The lowest BCUT2D eigenvalue weighted by molar-refractivity contribution is 0.627. The van der Waals surface area contributed by atoms with E-state index in [1.165, 1.54) is 12.1 Å². The maximum absolute atomic E-state index is 13.3. The Morgan fingerprint density at radius 2 is 1.90 bits per heavy atom. The molecule has 0 fully saturated rings. The number of anilines is 1. The lowest BCUT2D eigenvalue weighted by atomic mass is 10.1. The Morgan fingerprint density at radius 3 is 2.65 bits per heavy atom. The summed E-state index contributed by atoms with van der Waals surface area (Å²) in [5.41, 5.74) is 8.47. The number of imidazole rings is 1. The molecule has 0 amide bonds. The minimum atomic E-state index is -0.287. The van der Waals surface area contributed by atoms with E-state index in [1.807, 2.05) is 28.8 Å². The summed E-state index contributed by atoms with van der Waals surface area (Å²) in [4.78, 5) is 4.23. The lowest BCUT2D eigenvalue weighted by Crippen LogP contribution is -2.05. The Morgan fingerprint density at radius 1 is 1.15 bits per heavy atom. The van der Waals surface area contributed by atoms with Gasteiger partial charge < -0.3 is 10.3 Å². The van der Waals surface area contributed by atoms with Gasteiger partial charge >= 0.3 is 0 Å². The summed E-state index contributed by atoms with van der Waals surface area (Å²) < 4.78 is 15.2. The Hall–Kier alpha value is -2.07. The molecular weight excluding hydrogens is 277 g/mol. The van der Waals surface area contributed by atoms with E-state index in [-0.39, 0.29) is 5.82 Å². The van der Waals surface area contributed by atoms with Crippen LogP contribution in [0.4, 0.5) is 10.3 Å². The average molecular weight is 290 g/mol. The van der Waals surface area contributed by atoms with Crippen molar-refractivity contribution in [2.75, 3.05) is 5.73 Å². The first-order chi connectivity index (χ1) is 9.63. The second-order valence-electron chi connectivity index (χ2n) is 4.63. The average Bonchev–Trinajstić information content (AvgIpc) is 2.73. The minimum Gasteiger partial charge on any atom is -0.369 e. The molecule has 0 saturated heterocycles. The molecule has 5 heteroatoms. The second kappa shape index (κ2) is 5.13. The van der Waals surface area contributed by atoms with Crippen molar-refractivity contribution in [1.82, 2.24) is 9.55 Å². The van der Waals surface area contributed by atoms with E-state index in [1.54, 1.807) is 6.07 Å². The predicted molar refractivity (Wildman–Crippen MR) is 79.3 cm³/mol. The number of aryl methyl sites for hydroxylation is 2. The summed E-state index contributed by atoms with van der Waals surface area (Å²) in [5.74, 6) is 0.115. The Balaban J connectivity index is 1.88. The third-order valence-corrected chi connectivity index (χ3v) is 3.53. The molecule has 0 aliphatic carbocycles. The number of aromatic nitrogens is 2. The first-order valence-corrected chi connectivity index (χ1v) is 6.67. The molecule has 0 bridgehead atoms. The summed E-state index contributed by atoms with van der Waals surface area (Å²) in [6.07, 6.45) is 0.781. The van der Waals surface area contributed by atoms with Gasteiger partial charge in [-0.1, -0.05) is 23.7 Å². The van der Waals surface area contributed by atoms with Gasteiger partial charge in [0, 0.05) is 11.6 Å². The van der Waals surface area contributed by atoms with E-state index in [4.69, 9.17) is 17.3 Å². The van der Waals surface area contributed by atoms with Crippen molar-refractivity contribution in [2.45, 2.75) is 13.0 Å². The predicted octanol–water partition coefficient (Wildman–Crippen LogP) is 3.65. The van der Waals surface area contributed by atoms with Crippen molar-refractivity contribution in [1.29, 1.82) is 0 Å². The highest BCUT2D eigenvalue weighted by atomic mass is 35.5. The normalized spacial score (nSPS) is 11.1. The molecule has 3 aromatic rings. The highest BCUT2D eigenvalue weighted by Gasteiger charge is 2.09. The fourth-order valence-corrected chi connectivity index (χ4v) is 2.37. The van der Waals surface area contributed by atoms with E-state index in [0.29, 0.717) is 23.0 Å². The number of nitrogens with zero attached hydrogens (tertiary/aromatic N) is 2. The molecular formula is C15H13ClFN3. The van der Waals surface area contributed by atoms with Gasteiger partial charge in [-0.05, 0) is 42.3 Å². The van der Waals surface area contributed by atoms with Crippen LogP contribution in [0.1, 0.15) is 5.56 Å². The van der Waals surface area contributed by atoms with Crippen LogP contribution in [0, 0.1) is 5.82 Å². The van der Waals surface area contributed by atoms with Crippen molar-refractivity contribution >= 4 is 28.6 Å². The number of nitrogens with two attached hydrogens (primary N) is 1. The topological polar surface area (TPSA) is 43.8 Å². The number of benzene rings is 2. The van der Waals surface area contributed by atoms with Gasteiger partial charge in [-0.3, -0.25) is 0 Å². The van der Waals surface area contributed by atoms with Crippen LogP contribution in [0.15, 0.2) is 42.5 Å². The van der Waals surface area contributed by atoms with Crippen LogP contribution >= 0.6 is 11.6 Å². The molecule has 1 aromatic heterocycles. The largest absolute Gasteiger partial charge is 0.369 e. The summed E-state index contributed by atoms with van der Waals surface area (Å²) in [5, 5.41) is 0.711. The molecule has 3 rings (SSSR count). The number of halogens is 2. The smallest absolute Gasteiger partial charge is 0.201 e. The van der Waals surface area contributed by atoms with Gasteiger partial charge in [-0.2, -0.15) is 0 Å². The molecule has 0 aliphatic rings. The quantitative estimate of drug-likeness (QED) is 0.800. The fourth-order valence-electron chi connectivity index (χ4n) is 2.24. The molecule has 0 atom stereocenters. The van der Waals surface area contributed by atoms with Crippen molar-refractivity contribution in [3.05, 3.63) is 58.9 Å². The molecule has 0 saturated carbocycles. The van der Waals surface area contributed by atoms with Crippen LogP contribution in [0.3, 0.4) is 0 Å². The number of rotatable bonds is 3. The van der Waals surface area contributed by atoms with Crippen molar-refractivity contribution in [3.63, 3.8) is 0 Å². The number of nitrogen functional groups attached to an aromatic ring is 1. The van der Waals surface area contributed by atoms with Gasteiger partial charge in [0.05, 0.1) is 11.0 Å². The van der Waals surface area contributed by atoms with Crippen molar-refractivity contribution in [3.8, 4) is 0 Å². The van der Waals surface area contributed by atoms with Crippen LogP contribution in [0.5, 0.6) is 0 Å². The lowest BCUT2D eigenvalue weighted by Gasteiger charge is -2.07. The third kappa shape index (κ3) is 2.47. The fraction of sp³-hybridized carbons (Fsp3) is 0.133. The third-order valence-electron chi connectivity index (χ3n) is 3.28. The Labute approximate surface area is 120 Å². The van der Waals surface area contributed by atoms with E-state index in [9.17, 15) is 4.39 Å². The van der Waals surface area contributed by atoms with Crippen LogP contribution < -0.4 is 5.73 Å². The first-order valence-electron chi connectivity index (χ1n) is 6.29. The SMILES string of the molecule is Nc1nc2ccc(F)cc2n1CCc1ccc(Cl)cc1. The number of fused-ring (bicyclic) bond motifs is 1. The zero-order valence-corrected chi connectivity index (χ0v) is 11.4. The monoisotopic (exact) mass is 289 g/mol. The zero-order valence-electron chi connectivity index (χ0n) is 10.7. The molecule has 2 N–H and O–H groups in total. The summed E-state index contributed by atoms with van der Waals surface area (Å²) in [7, 11) is 0. The zero-order chi connectivity index (χ0) is 14.1. The highest BCUT2D eigenvalue weighted by Crippen LogP contribution is 2.20. The molecule has 2 aromatic carbocycles. The van der Waals surface area contributed by atoms with E-state index < -0.39 is 0 Å². The first kappa shape index (κ1) is 12.9. The van der Waals surface area contributed by atoms with Crippen molar-refractivity contribution < 1.29 is 4.39 Å². The van der Waals surface area contributed by atoms with Crippen LogP contribution in [-0.2, 0) is 13.0 Å². The standard InChI is InChI=1S/C15H13ClFN3/c16-11-3-1-10(2-4-11)7-8-20-14-9-12(17)5-6-13(14)19-15(20)18/h1-6,9H,7-8H2,(H2,18,19). The number of hydrogen-bond acceptors (Lipinski definition) is 2. The van der Waals surface area contributed by atoms with E-state index in [0.717, 1.165) is 17.5 Å². The van der Waals surface area contributed by atoms with Gasteiger partial charge in [0.1, 0.15) is 5.82 Å². The van der Waals surface area contributed by atoms with Crippen LogP contribution in [-0.4, -0.2) is 9.55 Å². The van der Waals surface area contributed by atoms with Gasteiger partial charge in [0.2, 0.25) is 5.95 Å². The maximum Gasteiger partial charge on any atom is 0.201 e. The maximum atomic E-state index is 13.3. The van der Waals surface area contributed by atoms with Crippen LogP contribution in [0.25, 0.3) is 11.0 Å². The summed E-state index contributed by atoms with van der Waals surface area (Å²) >= 11 is 5.86. The Kier molecular flexibility index (Phi) is 3.32.